The molecule has 0 saturated carbocycles. The number of hydrogen-bond donors (Lipinski definition) is 2. The monoisotopic (exact) mass is 334 g/mol. The first kappa shape index (κ1) is 16.9. The van der Waals surface area contributed by atoms with Crippen LogP contribution in [-0.4, -0.2) is 23.2 Å². The highest BCUT2D eigenvalue weighted by Crippen LogP contribution is 2.25. The zero-order valence-electron chi connectivity index (χ0n) is 14.8. The lowest BCUT2D eigenvalue weighted by Gasteiger charge is -2.19. The van der Waals surface area contributed by atoms with Gasteiger partial charge in [0.25, 0.3) is 0 Å². The summed E-state index contributed by atoms with van der Waals surface area (Å²) in [5.41, 5.74) is 2.69. The summed E-state index contributed by atoms with van der Waals surface area (Å²) >= 11 is 0. The van der Waals surface area contributed by atoms with Gasteiger partial charge in [-0.1, -0.05) is 36.1 Å². The van der Waals surface area contributed by atoms with Gasteiger partial charge in [0, 0.05) is 40.3 Å². The number of rotatable bonds is 2. The predicted octanol–water partition coefficient (Wildman–Crippen LogP) is 4.59. The van der Waals surface area contributed by atoms with E-state index in [4.69, 9.17) is 4.74 Å². The number of nitrogens with one attached hydrogen (secondary N) is 2. The van der Waals surface area contributed by atoms with Gasteiger partial charge in [-0.2, -0.15) is 0 Å². The molecule has 1 aromatic heterocycles. The van der Waals surface area contributed by atoms with Crippen LogP contribution in [0.4, 0.5) is 4.79 Å². The third kappa shape index (κ3) is 4.33. The highest BCUT2D eigenvalue weighted by atomic mass is 16.6. The van der Waals surface area contributed by atoms with Crippen molar-refractivity contribution in [3.05, 3.63) is 48.0 Å². The van der Waals surface area contributed by atoms with E-state index in [1.807, 2.05) is 39.0 Å². The third-order valence-corrected chi connectivity index (χ3v) is 3.66. The molecule has 1 amide bonds. The molecule has 2 aromatic carbocycles. The molecule has 4 heteroatoms. The summed E-state index contributed by atoms with van der Waals surface area (Å²) in [6, 6.07) is 14.4. The fraction of sp³-hybridized carbons (Fsp3) is 0.286. The van der Waals surface area contributed by atoms with Crippen molar-refractivity contribution in [2.24, 2.45) is 0 Å². The molecule has 128 valence electrons. The molecule has 0 unspecified atom stereocenters. The van der Waals surface area contributed by atoms with E-state index >= 15 is 0 Å². The van der Waals surface area contributed by atoms with E-state index in [9.17, 15) is 4.79 Å². The van der Waals surface area contributed by atoms with Crippen LogP contribution in [0.3, 0.4) is 0 Å². The second kappa shape index (κ2) is 6.90. The van der Waals surface area contributed by atoms with Crippen LogP contribution >= 0.6 is 0 Å². The van der Waals surface area contributed by atoms with Gasteiger partial charge in [0.15, 0.2) is 0 Å². The molecule has 0 aliphatic carbocycles. The summed E-state index contributed by atoms with van der Waals surface area (Å²) in [5, 5.41) is 5.13. The fourth-order valence-electron chi connectivity index (χ4n) is 2.64. The number of ether oxygens (including phenoxy) is 1. The van der Waals surface area contributed by atoms with Gasteiger partial charge in [-0.3, -0.25) is 0 Å². The summed E-state index contributed by atoms with van der Waals surface area (Å²) in [7, 11) is 0. The largest absolute Gasteiger partial charge is 0.444 e. The van der Waals surface area contributed by atoms with Crippen LogP contribution < -0.4 is 5.32 Å². The number of H-pyrrole nitrogens is 1. The van der Waals surface area contributed by atoms with E-state index in [2.05, 4.69) is 46.4 Å². The summed E-state index contributed by atoms with van der Waals surface area (Å²) in [5.74, 6) is 6.23. The molecule has 25 heavy (non-hydrogen) atoms. The first-order valence-electron chi connectivity index (χ1n) is 8.38. The topological polar surface area (TPSA) is 54.1 Å². The highest BCUT2D eigenvalue weighted by molar-refractivity contribution is 6.07. The average Bonchev–Trinajstić information content (AvgIpc) is 2.90. The second-order valence-electron chi connectivity index (χ2n) is 6.91. The van der Waals surface area contributed by atoms with Gasteiger partial charge in [-0.15, -0.1) is 0 Å². The quantitative estimate of drug-likeness (QED) is 0.532. The molecule has 0 aliphatic rings. The van der Waals surface area contributed by atoms with Gasteiger partial charge in [0.1, 0.15) is 5.60 Å². The molecule has 1 heterocycles. The van der Waals surface area contributed by atoms with Crippen molar-refractivity contribution in [1.29, 1.82) is 0 Å². The molecule has 4 nitrogen and oxygen atoms in total. The Kier molecular flexibility index (Phi) is 4.67. The molecule has 3 aromatic rings. The number of hydrogen-bond acceptors (Lipinski definition) is 2. The van der Waals surface area contributed by atoms with Gasteiger partial charge in [0.2, 0.25) is 0 Å². The molecule has 0 bridgehead atoms. The molecule has 2 N–H and O–H groups in total. The van der Waals surface area contributed by atoms with Crippen LogP contribution in [0.5, 0.6) is 0 Å². The molecule has 0 fully saturated rings. The number of fused-ring (bicyclic) bond motifs is 3. The Morgan fingerprint density at radius 2 is 1.88 bits per heavy atom. The summed E-state index contributed by atoms with van der Waals surface area (Å²) < 4.78 is 5.18. The minimum atomic E-state index is -0.481. The van der Waals surface area contributed by atoms with Gasteiger partial charge >= 0.3 is 6.09 Å². The summed E-state index contributed by atoms with van der Waals surface area (Å²) in [4.78, 5) is 15.0. The normalized spacial score (nSPS) is 11.2. The number of benzene rings is 2. The third-order valence-electron chi connectivity index (χ3n) is 3.66. The Balaban J connectivity index is 1.61. The van der Waals surface area contributed by atoms with Crippen LogP contribution in [0.25, 0.3) is 21.8 Å². The van der Waals surface area contributed by atoms with Crippen molar-refractivity contribution in [2.75, 3.05) is 6.54 Å². The van der Waals surface area contributed by atoms with E-state index in [1.165, 1.54) is 10.8 Å². The molecular weight excluding hydrogens is 312 g/mol. The zero-order chi connectivity index (χ0) is 17.9. The lowest BCUT2D eigenvalue weighted by atomic mass is 10.1. The molecule has 0 saturated heterocycles. The number of para-hydroxylation sites is 1. The number of amides is 1. The predicted molar refractivity (Wildman–Crippen MR) is 102 cm³/mol. The van der Waals surface area contributed by atoms with Gasteiger partial charge in [-0.05, 0) is 39.0 Å². The van der Waals surface area contributed by atoms with Crippen LogP contribution in [0.15, 0.2) is 42.5 Å². The molecule has 0 spiro atoms. The lowest BCUT2D eigenvalue weighted by molar-refractivity contribution is 0.0529. The van der Waals surface area contributed by atoms with E-state index < -0.39 is 11.7 Å². The lowest BCUT2D eigenvalue weighted by Crippen LogP contribution is -2.32. The Labute approximate surface area is 147 Å². The highest BCUT2D eigenvalue weighted by Gasteiger charge is 2.15. The maximum absolute atomic E-state index is 11.5. The summed E-state index contributed by atoms with van der Waals surface area (Å²) in [6.07, 6.45) is 0.165. The van der Waals surface area contributed by atoms with Crippen LogP contribution in [0.2, 0.25) is 0 Å². The molecule has 0 radical (unpaired) electrons. The zero-order valence-corrected chi connectivity index (χ0v) is 14.8. The van der Waals surface area contributed by atoms with E-state index in [1.54, 1.807) is 0 Å². The minimum Gasteiger partial charge on any atom is -0.444 e. The number of carbonyl (C=O) groups excluding carboxylic acids is 1. The molecule has 0 atom stereocenters. The van der Waals surface area contributed by atoms with Crippen LogP contribution in [0, 0.1) is 11.8 Å². The number of aromatic amines is 1. The Morgan fingerprint density at radius 1 is 1.12 bits per heavy atom. The van der Waals surface area contributed by atoms with Crippen molar-refractivity contribution in [1.82, 2.24) is 10.3 Å². The molecular formula is C21H22N2O2. The first-order valence-corrected chi connectivity index (χ1v) is 8.38. The Hall–Kier alpha value is -2.93. The Bertz CT molecular complexity index is 968. The van der Waals surface area contributed by atoms with Crippen LogP contribution in [-0.2, 0) is 4.74 Å². The number of carbonyl (C=O) groups is 1. The van der Waals surface area contributed by atoms with Crippen molar-refractivity contribution >= 4 is 27.9 Å². The van der Waals surface area contributed by atoms with Gasteiger partial charge in [0.05, 0.1) is 0 Å². The smallest absolute Gasteiger partial charge is 0.407 e. The van der Waals surface area contributed by atoms with Crippen molar-refractivity contribution in [2.45, 2.75) is 32.8 Å². The standard InChI is InChI=1S/C21H22N2O2/c1-21(2,3)25-20(24)22-13-7-6-8-15-11-12-17-16-9-4-5-10-18(16)23-19(17)14-15/h4-5,9-12,14,23H,7,13H2,1-3H3,(H,22,24). The second-order valence-corrected chi connectivity index (χ2v) is 6.91. The van der Waals surface area contributed by atoms with Crippen molar-refractivity contribution in [3.63, 3.8) is 0 Å². The Morgan fingerprint density at radius 3 is 2.68 bits per heavy atom. The van der Waals surface area contributed by atoms with E-state index in [-0.39, 0.29) is 0 Å². The van der Waals surface area contributed by atoms with E-state index in [0.717, 1.165) is 16.6 Å². The van der Waals surface area contributed by atoms with E-state index in [0.29, 0.717) is 13.0 Å². The van der Waals surface area contributed by atoms with Crippen LogP contribution in [0.1, 0.15) is 32.8 Å². The number of aromatic nitrogens is 1. The molecule has 0 aliphatic heterocycles. The maximum atomic E-state index is 11.5. The van der Waals surface area contributed by atoms with Gasteiger partial charge in [-0.25, -0.2) is 4.79 Å². The number of alkyl carbamates (subject to hydrolysis) is 1. The molecule has 3 rings (SSSR count). The maximum Gasteiger partial charge on any atom is 0.407 e. The van der Waals surface area contributed by atoms with Crippen molar-refractivity contribution < 1.29 is 9.53 Å². The van der Waals surface area contributed by atoms with Gasteiger partial charge < -0.3 is 15.0 Å². The minimum absolute atomic E-state index is 0.409. The first-order chi connectivity index (χ1) is 11.9. The van der Waals surface area contributed by atoms with Crippen molar-refractivity contribution in [3.8, 4) is 11.8 Å². The summed E-state index contributed by atoms with van der Waals surface area (Å²) in [6.45, 7) is 5.99. The average molecular weight is 334 g/mol. The SMILES string of the molecule is CC(C)(C)OC(=O)NCCC#Cc1ccc2c(c1)[nH]c1ccccc12. The fourth-order valence-corrected chi connectivity index (χ4v) is 2.64.